The molecule has 136 valence electrons. The molecule has 4 atom stereocenters. The molecule has 0 unspecified atom stereocenters. The lowest BCUT2D eigenvalue weighted by molar-refractivity contribution is -0.0341. The second-order valence-electron chi connectivity index (χ2n) is 5.66. The summed E-state index contributed by atoms with van der Waals surface area (Å²) >= 11 is 0. The van der Waals surface area contributed by atoms with Crippen molar-refractivity contribution in [2.45, 2.75) is 37.9 Å². The highest BCUT2D eigenvalue weighted by Gasteiger charge is 2.45. The molecule has 12 nitrogen and oxygen atoms in total. The lowest BCUT2D eigenvalue weighted by atomic mass is 10.1. The van der Waals surface area contributed by atoms with Gasteiger partial charge in [0, 0.05) is 0 Å². The number of hydrogen-bond acceptors (Lipinski definition) is 10. The van der Waals surface area contributed by atoms with Gasteiger partial charge in [0.2, 0.25) is 0 Å². The smallest absolute Gasteiger partial charge is 0.166 e. The van der Waals surface area contributed by atoms with Crippen molar-refractivity contribution in [1.82, 2.24) is 14.5 Å². The van der Waals surface area contributed by atoms with E-state index in [1.807, 2.05) is 6.92 Å². The number of amidine groups is 1. The summed E-state index contributed by atoms with van der Waals surface area (Å²) in [7, 11) is 0. The van der Waals surface area contributed by atoms with Crippen LogP contribution in [0, 0.1) is 0 Å². The highest BCUT2D eigenvalue weighted by molar-refractivity contribution is 6.15. The minimum Gasteiger partial charge on any atom is -0.388 e. The second-order valence-corrected chi connectivity index (χ2v) is 5.66. The van der Waals surface area contributed by atoms with E-state index in [2.05, 4.69) is 20.5 Å². The fourth-order valence-corrected chi connectivity index (χ4v) is 3.14. The molecule has 11 N–H and O–H groups in total. The largest absolute Gasteiger partial charge is 0.388 e. The van der Waals surface area contributed by atoms with Gasteiger partial charge in [0.1, 0.15) is 35.8 Å². The van der Waals surface area contributed by atoms with Gasteiger partial charge in [-0.1, -0.05) is 6.92 Å². The van der Waals surface area contributed by atoms with Crippen LogP contribution in [0.15, 0.2) is 11.4 Å². The van der Waals surface area contributed by atoms with Crippen LogP contribution in [-0.2, 0) is 4.74 Å². The molecular formula is C13H21N9O3. The van der Waals surface area contributed by atoms with Crippen LogP contribution in [-0.4, -0.2) is 48.9 Å². The quantitative estimate of drug-likeness (QED) is 0.138. The number of aliphatic hydroxyl groups is 2. The molecule has 0 bridgehead atoms. The Morgan fingerprint density at radius 2 is 2.12 bits per heavy atom. The molecule has 1 saturated heterocycles. The summed E-state index contributed by atoms with van der Waals surface area (Å²) in [5.74, 6) is 11.3. The van der Waals surface area contributed by atoms with Crippen LogP contribution < -0.4 is 28.6 Å². The number of nitrogens with one attached hydrogen (secondary N) is 1. The molecule has 0 amide bonds. The van der Waals surface area contributed by atoms with Crippen LogP contribution in [0.4, 0.5) is 11.6 Å². The Hall–Kier alpha value is -2.67. The topological polar surface area (TPSA) is 209 Å². The second kappa shape index (κ2) is 6.33. The maximum atomic E-state index is 10.4. The Balaban J connectivity index is 2.31. The number of hydrogen-bond donors (Lipinski definition) is 7. The van der Waals surface area contributed by atoms with Gasteiger partial charge in [-0.2, -0.15) is 5.10 Å². The summed E-state index contributed by atoms with van der Waals surface area (Å²) in [6, 6.07) is 0. The molecule has 1 fully saturated rings. The fraction of sp³-hybridized carbons (Fsp3) is 0.462. The summed E-state index contributed by atoms with van der Waals surface area (Å²) in [4.78, 5) is 8.14. The highest BCUT2D eigenvalue weighted by atomic mass is 16.6. The molecule has 0 aliphatic carbocycles. The Kier molecular flexibility index (Phi) is 4.34. The van der Waals surface area contributed by atoms with Crippen LogP contribution in [0.5, 0.6) is 0 Å². The highest BCUT2D eigenvalue weighted by Crippen LogP contribution is 2.39. The SMILES string of the molecule is CC[C@H]1O[C@@H](n2c(NN)c(C(N)=NN)c3c(N)ncnc32)[C@H](O)[C@@H]1O. The monoisotopic (exact) mass is 351 g/mol. The van der Waals surface area contributed by atoms with Crippen molar-refractivity contribution in [3.05, 3.63) is 11.9 Å². The summed E-state index contributed by atoms with van der Waals surface area (Å²) in [5, 5.41) is 24.5. The molecule has 3 rings (SSSR count). The summed E-state index contributed by atoms with van der Waals surface area (Å²) < 4.78 is 7.26. The van der Waals surface area contributed by atoms with Crippen molar-refractivity contribution in [1.29, 1.82) is 0 Å². The predicted molar refractivity (Wildman–Crippen MR) is 90.9 cm³/mol. The third kappa shape index (κ3) is 2.42. The third-order valence-electron chi connectivity index (χ3n) is 4.34. The van der Waals surface area contributed by atoms with Gasteiger partial charge < -0.3 is 37.7 Å². The molecule has 1 aliphatic heterocycles. The lowest BCUT2D eigenvalue weighted by Crippen LogP contribution is -2.32. The maximum Gasteiger partial charge on any atom is 0.166 e. The van der Waals surface area contributed by atoms with E-state index in [0.717, 1.165) is 0 Å². The number of aliphatic hydroxyl groups excluding tert-OH is 2. The van der Waals surface area contributed by atoms with Crippen molar-refractivity contribution in [3.8, 4) is 0 Å². The summed E-state index contributed by atoms with van der Waals surface area (Å²) in [6.07, 6.45) is -2.04. The Bertz CT molecular complexity index is 821. The van der Waals surface area contributed by atoms with Crippen LogP contribution in [0.2, 0.25) is 0 Å². The molecule has 0 aromatic carbocycles. The van der Waals surface area contributed by atoms with Crippen molar-refractivity contribution >= 4 is 28.5 Å². The number of rotatable bonds is 4. The number of aromatic nitrogens is 3. The van der Waals surface area contributed by atoms with Crippen molar-refractivity contribution in [3.63, 3.8) is 0 Å². The zero-order valence-corrected chi connectivity index (χ0v) is 13.5. The number of fused-ring (bicyclic) bond motifs is 1. The van der Waals surface area contributed by atoms with Gasteiger partial charge in [-0.15, -0.1) is 0 Å². The lowest BCUT2D eigenvalue weighted by Gasteiger charge is -2.20. The molecule has 2 aromatic heterocycles. The van der Waals surface area contributed by atoms with Gasteiger partial charge in [-0.3, -0.25) is 4.57 Å². The van der Waals surface area contributed by atoms with Gasteiger partial charge in [-0.05, 0) is 6.42 Å². The van der Waals surface area contributed by atoms with Crippen LogP contribution in [0.3, 0.4) is 0 Å². The first-order valence-electron chi connectivity index (χ1n) is 7.62. The van der Waals surface area contributed by atoms with E-state index in [1.54, 1.807) is 0 Å². The summed E-state index contributed by atoms with van der Waals surface area (Å²) in [6.45, 7) is 1.84. The maximum absolute atomic E-state index is 10.4. The standard InChI is InChI=1S/C13H21N9O3/c1-2-4-7(23)8(24)13(25-4)22-11-5(9(14)18-3-19-11)6(10(15)20-16)12(22)21-17/h3-4,7-8,13,21,23-24H,2,16-17H2,1H3,(H2,15,20)(H2,14,18,19)/t4-,7-,8-,13-/m1/s1. The van der Waals surface area contributed by atoms with E-state index in [0.29, 0.717) is 17.5 Å². The molecule has 1 aliphatic rings. The van der Waals surface area contributed by atoms with E-state index in [1.165, 1.54) is 10.9 Å². The van der Waals surface area contributed by atoms with Crippen molar-refractivity contribution in [2.75, 3.05) is 11.2 Å². The van der Waals surface area contributed by atoms with Gasteiger partial charge in [0.15, 0.2) is 12.1 Å². The first kappa shape index (κ1) is 17.2. The fourth-order valence-electron chi connectivity index (χ4n) is 3.14. The van der Waals surface area contributed by atoms with Gasteiger partial charge in [0.25, 0.3) is 0 Å². The zero-order valence-electron chi connectivity index (χ0n) is 13.5. The van der Waals surface area contributed by atoms with E-state index in [4.69, 9.17) is 27.9 Å². The minimum atomic E-state index is -1.22. The average Bonchev–Trinajstić information content (AvgIpc) is 3.10. The summed E-state index contributed by atoms with van der Waals surface area (Å²) in [5.41, 5.74) is 14.9. The molecule has 0 radical (unpaired) electrons. The third-order valence-corrected chi connectivity index (χ3v) is 4.34. The Morgan fingerprint density at radius 3 is 2.68 bits per heavy atom. The molecule has 3 heterocycles. The molecule has 12 heteroatoms. The first-order valence-corrected chi connectivity index (χ1v) is 7.62. The number of hydrazone groups is 1. The normalized spacial score (nSPS) is 27.1. The molecule has 2 aromatic rings. The molecule has 25 heavy (non-hydrogen) atoms. The van der Waals surface area contributed by atoms with Gasteiger partial charge in [-0.25, -0.2) is 15.8 Å². The van der Waals surface area contributed by atoms with E-state index < -0.39 is 24.5 Å². The average molecular weight is 351 g/mol. The van der Waals surface area contributed by atoms with E-state index >= 15 is 0 Å². The van der Waals surface area contributed by atoms with E-state index in [9.17, 15) is 10.2 Å². The van der Waals surface area contributed by atoms with Gasteiger partial charge in [0.05, 0.1) is 17.1 Å². The molecule has 0 saturated carbocycles. The van der Waals surface area contributed by atoms with E-state index in [-0.39, 0.29) is 23.0 Å². The van der Waals surface area contributed by atoms with Crippen molar-refractivity contribution in [2.24, 2.45) is 22.5 Å². The molecular weight excluding hydrogens is 330 g/mol. The van der Waals surface area contributed by atoms with Crippen LogP contribution in [0.25, 0.3) is 11.0 Å². The number of ether oxygens (including phenoxy) is 1. The number of hydrazine groups is 1. The Labute approximate surface area is 142 Å². The van der Waals surface area contributed by atoms with Crippen LogP contribution >= 0.6 is 0 Å². The first-order chi connectivity index (χ1) is 12.0. The number of nitrogens with two attached hydrogens (primary N) is 4. The number of anilines is 2. The molecule has 0 spiro atoms. The zero-order chi connectivity index (χ0) is 18.3. The predicted octanol–water partition coefficient (Wildman–Crippen LogP) is -2.09. The van der Waals surface area contributed by atoms with Gasteiger partial charge >= 0.3 is 0 Å². The van der Waals surface area contributed by atoms with Crippen molar-refractivity contribution < 1.29 is 14.9 Å². The number of nitrogen functional groups attached to an aromatic ring is 2. The minimum absolute atomic E-state index is 0.0572. The Morgan fingerprint density at radius 1 is 1.40 bits per heavy atom. The number of nitrogens with zero attached hydrogens (tertiary/aromatic N) is 4. The van der Waals surface area contributed by atoms with Crippen LogP contribution in [0.1, 0.15) is 25.1 Å².